The number of rotatable bonds is 8. The van der Waals surface area contributed by atoms with Crippen molar-refractivity contribution in [3.05, 3.63) is 64.8 Å². The van der Waals surface area contributed by atoms with Gasteiger partial charge in [-0.05, 0) is 37.1 Å². The van der Waals surface area contributed by atoms with Crippen molar-refractivity contribution in [2.75, 3.05) is 26.1 Å². The number of nitrogens with one attached hydrogen (secondary N) is 2. The van der Waals surface area contributed by atoms with E-state index in [4.69, 9.17) is 9.47 Å². The number of carbonyl (C=O) groups excluding carboxylic acids is 1. The third-order valence-electron chi connectivity index (χ3n) is 5.09. The minimum Gasteiger partial charge on any atom is -0.497 e. The molecule has 4 rings (SSSR count). The first kappa shape index (κ1) is 20.5. The van der Waals surface area contributed by atoms with Crippen LogP contribution in [0.15, 0.2) is 53.3 Å². The summed E-state index contributed by atoms with van der Waals surface area (Å²) in [6.45, 7) is 0.520. The van der Waals surface area contributed by atoms with Crippen molar-refractivity contribution in [1.29, 1.82) is 0 Å². The molecule has 1 heterocycles. The summed E-state index contributed by atoms with van der Waals surface area (Å²) in [5.74, 6) is 2.21. The van der Waals surface area contributed by atoms with Crippen LogP contribution in [0.5, 0.6) is 11.5 Å². The van der Waals surface area contributed by atoms with Gasteiger partial charge in [0.05, 0.1) is 32.1 Å². The van der Waals surface area contributed by atoms with Gasteiger partial charge in [0.1, 0.15) is 17.3 Å². The molecule has 1 saturated carbocycles. The highest BCUT2D eigenvalue weighted by atomic mass is 16.5. The molecule has 2 N–H and O–H groups in total. The molecular weight excluding hydrogens is 398 g/mol. The third-order valence-corrected chi connectivity index (χ3v) is 5.09. The zero-order valence-electron chi connectivity index (χ0n) is 17.5. The molecule has 3 aromatic rings. The average Bonchev–Trinajstić information content (AvgIpc) is 3.59. The first-order chi connectivity index (χ1) is 15.1. The summed E-state index contributed by atoms with van der Waals surface area (Å²) in [6, 6.07) is 14.2. The van der Waals surface area contributed by atoms with E-state index in [1.165, 1.54) is 11.8 Å². The van der Waals surface area contributed by atoms with Gasteiger partial charge in [0.2, 0.25) is 0 Å². The van der Waals surface area contributed by atoms with Crippen molar-refractivity contribution in [2.45, 2.75) is 25.3 Å². The van der Waals surface area contributed by atoms with Crippen molar-refractivity contribution < 1.29 is 14.3 Å². The van der Waals surface area contributed by atoms with E-state index < -0.39 is 6.03 Å². The molecule has 0 bridgehead atoms. The van der Waals surface area contributed by atoms with E-state index >= 15 is 0 Å². The molecule has 1 fully saturated rings. The number of amides is 2. The summed E-state index contributed by atoms with van der Waals surface area (Å²) < 4.78 is 13.5. The van der Waals surface area contributed by atoms with Gasteiger partial charge >= 0.3 is 11.7 Å². The Labute approximate surface area is 179 Å². The van der Waals surface area contributed by atoms with Crippen LogP contribution < -0.4 is 25.8 Å². The third kappa shape index (κ3) is 4.55. The molecule has 0 unspecified atom stereocenters. The summed E-state index contributed by atoms with van der Waals surface area (Å²) in [5.41, 5.74) is 1.12. The second-order valence-electron chi connectivity index (χ2n) is 7.26. The minimum absolute atomic E-state index is 0.202. The van der Waals surface area contributed by atoms with Gasteiger partial charge in [-0.2, -0.15) is 5.10 Å². The maximum atomic E-state index is 12.9. The molecular formula is C22H25N5O4. The van der Waals surface area contributed by atoms with Crippen LogP contribution in [-0.4, -0.2) is 41.1 Å². The summed E-state index contributed by atoms with van der Waals surface area (Å²) in [6.07, 6.45) is 2.07. The standard InChI is InChI=1S/C22H25N5O4/c1-30-17-10-11-18(19(14-17)31-2)24-21(28)23-12-13-26-22(29)27(16-6-4-3-5-7-16)20(25-26)15-8-9-15/h3-7,10-11,14-15H,8-9,12-13H2,1-2H3,(H2,23,24,28). The van der Waals surface area contributed by atoms with Crippen LogP contribution in [-0.2, 0) is 6.54 Å². The molecule has 0 radical (unpaired) electrons. The maximum Gasteiger partial charge on any atom is 0.350 e. The molecule has 0 atom stereocenters. The van der Waals surface area contributed by atoms with Crippen LogP contribution in [0.1, 0.15) is 24.6 Å². The van der Waals surface area contributed by atoms with Gasteiger partial charge in [0, 0.05) is 18.5 Å². The highest BCUT2D eigenvalue weighted by Gasteiger charge is 2.31. The number of nitrogens with zero attached hydrogens (tertiary/aromatic N) is 3. The van der Waals surface area contributed by atoms with Crippen molar-refractivity contribution in [2.24, 2.45) is 0 Å². The first-order valence-corrected chi connectivity index (χ1v) is 10.1. The number of urea groups is 1. The zero-order chi connectivity index (χ0) is 21.8. The van der Waals surface area contributed by atoms with Crippen LogP contribution in [0.25, 0.3) is 5.69 Å². The Morgan fingerprint density at radius 1 is 1.13 bits per heavy atom. The van der Waals surface area contributed by atoms with Crippen LogP contribution in [0.4, 0.5) is 10.5 Å². The molecule has 1 aliphatic carbocycles. The van der Waals surface area contributed by atoms with Gasteiger partial charge in [-0.25, -0.2) is 18.8 Å². The number of methoxy groups -OCH3 is 2. The Bertz CT molecular complexity index is 1120. The van der Waals surface area contributed by atoms with E-state index in [0.717, 1.165) is 24.4 Å². The molecule has 9 heteroatoms. The molecule has 2 aromatic carbocycles. The number of para-hydroxylation sites is 1. The molecule has 1 aromatic heterocycles. The van der Waals surface area contributed by atoms with E-state index in [0.29, 0.717) is 23.1 Å². The zero-order valence-corrected chi connectivity index (χ0v) is 17.5. The molecule has 1 aliphatic rings. The lowest BCUT2D eigenvalue weighted by Gasteiger charge is -2.12. The van der Waals surface area contributed by atoms with Gasteiger partial charge in [-0.1, -0.05) is 18.2 Å². The maximum absolute atomic E-state index is 12.9. The molecule has 2 amide bonds. The van der Waals surface area contributed by atoms with Gasteiger partial charge in [-0.15, -0.1) is 0 Å². The summed E-state index contributed by atoms with van der Waals surface area (Å²) in [5, 5.41) is 10.0. The van der Waals surface area contributed by atoms with E-state index in [1.807, 2.05) is 30.3 Å². The van der Waals surface area contributed by atoms with E-state index in [2.05, 4.69) is 15.7 Å². The monoisotopic (exact) mass is 423 g/mol. The fourth-order valence-electron chi connectivity index (χ4n) is 3.34. The van der Waals surface area contributed by atoms with Gasteiger partial charge in [0.25, 0.3) is 0 Å². The van der Waals surface area contributed by atoms with Crippen molar-refractivity contribution >= 4 is 11.7 Å². The number of anilines is 1. The van der Waals surface area contributed by atoms with Crippen molar-refractivity contribution in [3.63, 3.8) is 0 Å². The van der Waals surface area contributed by atoms with E-state index in [-0.39, 0.29) is 18.8 Å². The Morgan fingerprint density at radius 3 is 2.58 bits per heavy atom. The topological polar surface area (TPSA) is 99.4 Å². The van der Waals surface area contributed by atoms with Crippen LogP contribution >= 0.6 is 0 Å². The fraction of sp³-hybridized carbons (Fsp3) is 0.318. The lowest BCUT2D eigenvalue weighted by molar-refractivity contribution is 0.251. The second kappa shape index (κ2) is 8.95. The molecule has 162 valence electrons. The normalized spacial score (nSPS) is 13.0. The average molecular weight is 423 g/mol. The molecule has 0 spiro atoms. The van der Waals surface area contributed by atoms with Crippen molar-refractivity contribution in [1.82, 2.24) is 19.7 Å². The predicted molar refractivity (Wildman–Crippen MR) is 116 cm³/mol. The minimum atomic E-state index is -0.401. The van der Waals surface area contributed by atoms with E-state index in [9.17, 15) is 9.59 Å². The molecule has 0 aliphatic heterocycles. The first-order valence-electron chi connectivity index (χ1n) is 10.1. The lowest BCUT2D eigenvalue weighted by Crippen LogP contribution is -2.34. The number of ether oxygens (including phenoxy) is 2. The number of hydrogen-bond acceptors (Lipinski definition) is 5. The number of aromatic nitrogens is 3. The predicted octanol–water partition coefficient (Wildman–Crippen LogP) is 2.75. The Kier molecular flexibility index (Phi) is 5.92. The Balaban J connectivity index is 1.41. The summed E-state index contributed by atoms with van der Waals surface area (Å²) in [4.78, 5) is 25.2. The number of carbonyl (C=O) groups is 1. The van der Waals surface area contributed by atoms with Crippen molar-refractivity contribution in [3.8, 4) is 17.2 Å². The van der Waals surface area contributed by atoms with Gasteiger partial charge in [0.15, 0.2) is 0 Å². The number of benzene rings is 2. The smallest absolute Gasteiger partial charge is 0.350 e. The Morgan fingerprint density at radius 2 is 1.90 bits per heavy atom. The highest BCUT2D eigenvalue weighted by molar-refractivity contribution is 5.91. The van der Waals surface area contributed by atoms with Gasteiger partial charge < -0.3 is 20.1 Å². The quantitative estimate of drug-likeness (QED) is 0.580. The van der Waals surface area contributed by atoms with Crippen LogP contribution in [0, 0.1) is 0 Å². The summed E-state index contributed by atoms with van der Waals surface area (Å²) in [7, 11) is 3.08. The molecule has 9 nitrogen and oxygen atoms in total. The van der Waals surface area contributed by atoms with Crippen LogP contribution in [0.3, 0.4) is 0 Å². The van der Waals surface area contributed by atoms with Crippen LogP contribution in [0.2, 0.25) is 0 Å². The number of hydrogen-bond donors (Lipinski definition) is 2. The Hall–Kier alpha value is -3.75. The lowest BCUT2D eigenvalue weighted by atomic mass is 10.2. The summed E-state index contributed by atoms with van der Waals surface area (Å²) >= 11 is 0. The highest BCUT2D eigenvalue weighted by Crippen LogP contribution is 2.39. The van der Waals surface area contributed by atoms with E-state index in [1.54, 1.807) is 29.9 Å². The SMILES string of the molecule is COc1ccc(NC(=O)NCCn2nc(C3CC3)n(-c3ccccc3)c2=O)c(OC)c1. The fourth-order valence-corrected chi connectivity index (χ4v) is 3.34. The van der Waals surface area contributed by atoms with Gasteiger partial charge in [-0.3, -0.25) is 0 Å². The molecule has 0 saturated heterocycles. The molecule has 31 heavy (non-hydrogen) atoms. The second-order valence-corrected chi connectivity index (χ2v) is 7.26. The largest absolute Gasteiger partial charge is 0.497 e.